The lowest BCUT2D eigenvalue weighted by Gasteiger charge is -2.36. The molecule has 2 aliphatic rings. The van der Waals surface area contributed by atoms with Crippen LogP contribution < -0.4 is 0 Å². The number of allylic oxidation sites excluding steroid dienone is 3. The van der Waals surface area contributed by atoms with E-state index in [2.05, 4.69) is 53.5 Å². The molecule has 0 amide bonds. The highest BCUT2D eigenvalue weighted by Gasteiger charge is 2.26. The maximum atomic E-state index is 6.35. The molecule has 0 aromatic heterocycles. The number of benzene rings is 2. The lowest BCUT2D eigenvalue weighted by Crippen LogP contribution is -2.45. The number of ether oxygens (including phenoxy) is 1. The molecule has 0 bridgehead atoms. The van der Waals surface area contributed by atoms with Gasteiger partial charge in [0.05, 0.1) is 22.8 Å². The molecule has 4 rings (SSSR count). The van der Waals surface area contributed by atoms with E-state index in [1.165, 1.54) is 5.56 Å². The molecule has 4 heteroatoms. The predicted molar refractivity (Wildman–Crippen MR) is 113 cm³/mol. The van der Waals surface area contributed by atoms with E-state index in [0.29, 0.717) is 16.0 Å². The Morgan fingerprint density at radius 1 is 1.04 bits per heavy atom. The van der Waals surface area contributed by atoms with Crippen molar-refractivity contribution in [2.45, 2.75) is 19.1 Å². The molecule has 0 saturated carbocycles. The van der Waals surface area contributed by atoms with Gasteiger partial charge < -0.3 is 4.74 Å². The third-order valence-electron chi connectivity index (χ3n) is 5.29. The van der Waals surface area contributed by atoms with Crippen LogP contribution >= 0.6 is 23.2 Å². The van der Waals surface area contributed by atoms with Gasteiger partial charge in [0.1, 0.15) is 0 Å². The largest absolute Gasteiger partial charge is 0.375 e. The first-order chi connectivity index (χ1) is 13.2. The van der Waals surface area contributed by atoms with E-state index in [0.717, 1.165) is 43.8 Å². The van der Waals surface area contributed by atoms with Crippen LogP contribution in [0.25, 0.3) is 11.1 Å². The molecule has 1 aliphatic carbocycles. The second-order valence-electron chi connectivity index (χ2n) is 7.16. The number of rotatable bonds is 4. The molecule has 1 aliphatic heterocycles. The molecule has 140 valence electrons. The van der Waals surface area contributed by atoms with E-state index < -0.39 is 0 Å². The summed E-state index contributed by atoms with van der Waals surface area (Å²) in [4.78, 5) is 2.49. The minimum absolute atomic E-state index is 0.282. The van der Waals surface area contributed by atoms with Gasteiger partial charge in [-0.05, 0) is 23.6 Å². The quantitative estimate of drug-likeness (QED) is 0.625. The Kier molecular flexibility index (Phi) is 5.99. The number of halogens is 2. The Labute approximate surface area is 171 Å². The summed E-state index contributed by atoms with van der Waals surface area (Å²) in [5.74, 6) is 0.491. The highest BCUT2D eigenvalue weighted by atomic mass is 35.5. The van der Waals surface area contributed by atoms with E-state index in [4.69, 9.17) is 27.9 Å². The SMILES string of the molecule is Clc1cccc(-c2ccc(CN3CCO[C@@H](C4C=CC=CC4)C3)cc2)c1Cl. The average molecular weight is 400 g/mol. The monoisotopic (exact) mass is 399 g/mol. The van der Waals surface area contributed by atoms with Crippen LogP contribution in [0, 0.1) is 5.92 Å². The Morgan fingerprint density at radius 2 is 1.89 bits per heavy atom. The molecule has 0 spiro atoms. The maximum absolute atomic E-state index is 6.35. The fourth-order valence-electron chi connectivity index (χ4n) is 3.78. The van der Waals surface area contributed by atoms with Crippen LogP contribution in [0.5, 0.6) is 0 Å². The van der Waals surface area contributed by atoms with Crippen LogP contribution in [0.4, 0.5) is 0 Å². The summed E-state index contributed by atoms with van der Waals surface area (Å²) in [5.41, 5.74) is 3.36. The minimum Gasteiger partial charge on any atom is -0.375 e. The summed E-state index contributed by atoms with van der Waals surface area (Å²) in [6.07, 6.45) is 10.1. The fraction of sp³-hybridized carbons (Fsp3) is 0.304. The zero-order valence-electron chi connectivity index (χ0n) is 15.2. The third kappa shape index (κ3) is 4.47. The van der Waals surface area contributed by atoms with E-state index in [1.54, 1.807) is 0 Å². The summed E-state index contributed by atoms with van der Waals surface area (Å²) in [6, 6.07) is 14.4. The van der Waals surface area contributed by atoms with Crippen LogP contribution in [0.1, 0.15) is 12.0 Å². The van der Waals surface area contributed by atoms with Gasteiger partial charge in [-0.15, -0.1) is 0 Å². The van der Waals surface area contributed by atoms with E-state index in [1.807, 2.05) is 18.2 Å². The topological polar surface area (TPSA) is 12.5 Å². The van der Waals surface area contributed by atoms with Crippen molar-refractivity contribution in [3.8, 4) is 11.1 Å². The van der Waals surface area contributed by atoms with Crippen molar-refractivity contribution in [3.63, 3.8) is 0 Å². The zero-order valence-corrected chi connectivity index (χ0v) is 16.7. The van der Waals surface area contributed by atoms with E-state index >= 15 is 0 Å². The summed E-state index contributed by atoms with van der Waals surface area (Å²) in [5, 5.41) is 1.20. The summed E-state index contributed by atoms with van der Waals surface area (Å²) in [7, 11) is 0. The van der Waals surface area contributed by atoms with Crippen molar-refractivity contribution >= 4 is 23.2 Å². The first-order valence-electron chi connectivity index (χ1n) is 9.41. The smallest absolute Gasteiger partial charge is 0.0768 e. The first kappa shape index (κ1) is 18.8. The van der Waals surface area contributed by atoms with Crippen LogP contribution in [-0.4, -0.2) is 30.7 Å². The molecular formula is C23H23Cl2NO. The standard InChI is InChI=1S/C23H23Cl2NO/c24-21-8-4-7-20(23(21)25)18-11-9-17(10-12-18)15-26-13-14-27-22(16-26)19-5-2-1-3-6-19/h1-5,7-12,19,22H,6,13-16H2/t19?,22-/m1/s1. The van der Waals surface area contributed by atoms with Gasteiger partial charge in [0.2, 0.25) is 0 Å². The minimum atomic E-state index is 0.282. The molecule has 0 N–H and O–H groups in total. The molecule has 1 unspecified atom stereocenters. The van der Waals surface area contributed by atoms with Crippen LogP contribution in [-0.2, 0) is 11.3 Å². The average Bonchev–Trinajstić information content (AvgIpc) is 2.72. The molecule has 1 heterocycles. The zero-order chi connectivity index (χ0) is 18.6. The maximum Gasteiger partial charge on any atom is 0.0768 e. The molecular weight excluding hydrogens is 377 g/mol. The normalized spacial score (nSPS) is 22.9. The number of hydrogen-bond acceptors (Lipinski definition) is 2. The fourth-order valence-corrected chi connectivity index (χ4v) is 4.19. The van der Waals surface area contributed by atoms with E-state index in [-0.39, 0.29) is 6.10 Å². The van der Waals surface area contributed by atoms with Gasteiger partial charge in [-0.25, -0.2) is 0 Å². The summed E-state index contributed by atoms with van der Waals surface area (Å²) >= 11 is 12.5. The summed E-state index contributed by atoms with van der Waals surface area (Å²) in [6.45, 7) is 3.69. The second kappa shape index (κ2) is 8.62. The Hall–Kier alpha value is -1.58. The Morgan fingerprint density at radius 3 is 2.67 bits per heavy atom. The molecule has 2 aromatic carbocycles. The van der Waals surface area contributed by atoms with Gasteiger partial charge in [0.25, 0.3) is 0 Å². The molecule has 2 aromatic rings. The van der Waals surface area contributed by atoms with Gasteiger partial charge in [-0.3, -0.25) is 4.90 Å². The van der Waals surface area contributed by atoms with Crippen LogP contribution in [0.2, 0.25) is 10.0 Å². The van der Waals surface area contributed by atoms with Crippen molar-refractivity contribution < 1.29 is 4.74 Å². The molecule has 27 heavy (non-hydrogen) atoms. The lowest BCUT2D eigenvalue weighted by molar-refractivity contribution is -0.0504. The van der Waals surface area contributed by atoms with Gasteiger partial charge in [-0.2, -0.15) is 0 Å². The second-order valence-corrected chi connectivity index (χ2v) is 7.94. The van der Waals surface area contributed by atoms with Gasteiger partial charge in [0, 0.05) is 31.1 Å². The van der Waals surface area contributed by atoms with Crippen molar-refractivity contribution in [2.24, 2.45) is 5.92 Å². The molecule has 1 fully saturated rings. The lowest BCUT2D eigenvalue weighted by atomic mass is 9.93. The number of hydrogen-bond donors (Lipinski definition) is 0. The van der Waals surface area contributed by atoms with Gasteiger partial charge in [0.15, 0.2) is 0 Å². The molecule has 1 saturated heterocycles. The highest BCUT2D eigenvalue weighted by Crippen LogP contribution is 2.33. The van der Waals surface area contributed by atoms with Crippen molar-refractivity contribution in [2.75, 3.05) is 19.7 Å². The van der Waals surface area contributed by atoms with Gasteiger partial charge in [-0.1, -0.05) is 83.9 Å². The third-order valence-corrected chi connectivity index (χ3v) is 6.11. The Balaban J connectivity index is 1.41. The highest BCUT2D eigenvalue weighted by molar-refractivity contribution is 6.43. The number of nitrogens with zero attached hydrogens (tertiary/aromatic N) is 1. The van der Waals surface area contributed by atoms with Crippen LogP contribution in [0.15, 0.2) is 66.8 Å². The predicted octanol–water partition coefficient (Wildman–Crippen LogP) is 5.99. The first-order valence-corrected chi connectivity index (χ1v) is 10.2. The van der Waals surface area contributed by atoms with Crippen molar-refractivity contribution in [1.29, 1.82) is 0 Å². The van der Waals surface area contributed by atoms with Gasteiger partial charge >= 0.3 is 0 Å². The van der Waals surface area contributed by atoms with Crippen LogP contribution in [0.3, 0.4) is 0 Å². The van der Waals surface area contributed by atoms with Crippen molar-refractivity contribution in [3.05, 3.63) is 82.4 Å². The Bertz CT molecular complexity index is 844. The molecule has 2 nitrogen and oxygen atoms in total. The van der Waals surface area contributed by atoms with Crippen molar-refractivity contribution in [1.82, 2.24) is 4.90 Å². The molecule has 0 radical (unpaired) electrons. The summed E-state index contributed by atoms with van der Waals surface area (Å²) < 4.78 is 6.03. The number of morpholine rings is 1. The molecule has 2 atom stereocenters. The van der Waals surface area contributed by atoms with E-state index in [9.17, 15) is 0 Å².